The van der Waals surface area contributed by atoms with Crippen molar-refractivity contribution in [1.82, 2.24) is 20.2 Å². The smallest absolute Gasteiger partial charge is 0.214 e. The number of ketones is 1. The van der Waals surface area contributed by atoms with Gasteiger partial charge in [-0.15, -0.1) is 5.10 Å². The maximum Gasteiger partial charge on any atom is 0.214 e. The molecule has 27 heavy (non-hydrogen) atoms. The quantitative estimate of drug-likeness (QED) is 0.457. The highest BCUT2D eigenvalue weighted by molar-refractivity contribution is 7.99. The molecule has 0 saturated heterocycles. The van der Waals surface area contributed by atoms with E-state index in [9.17, 15) is 4.79 Å². The van der Waals surface area contributed by atoms with Gasteiger partial charge in [0.25, 0.3) is 0 Å². The van der Waals surface area contributed by atoms with Crippen LogP contribution in [0.25, 0.3) is 5.69 Å². The molecule has 0 aliphatic heterocycles. The van der Waals surface area contributed by atoms with Crippen molar-refractivity contribution >= 4 is 17.5 Å². The van der Waals surface area contributed by atoms with Crippen LogP contribution in [-0.2, 0) is 0 Å². The molecule has 2 aromatic carbocycles. The molecule has 0 bridgehead atoms. The van der Waals surface area contributed by atoms with Gasteiger partial charge in [0.15, 0.2) is 5.78 Å². The normalized spacial score (nSPS) is 10.7. The van der Waals surface area contributed by atoms with Gasteiger partial charge in [-0.05, 0) is 53.6 Å². The van der Waals surface area contributed by atoms with Gasteiger partial charge in [0, 0.05) is 6.07 Å². The summed E-state index contributed by atoms with van der Waals surface area (Å²) in [5.41, 5.74) is 3.56. The van der Waals surface area contributed by atoms with E-state index in [1.807, 2.05) is 32.0 Å². The summed E-state index contributed by atoms with van der Waals surface area (Å²) < 4.78 is 12.1. The number of rotatable bonds is 7. The molecule has 0 aliphatic carbocycles. The predicted molar refractivity (Wildman–Crippen MR) is 103 cm³/mol. The van der Waals surface area contributed by atoms with Gasteiger partial charge in [0.05, 0.1) is 31.2 Å². The van der Waals surface area contributed by atoms with E-state index >= 15 is 0 Å². The zero-order valence-corrected chi connectivity index (χ0v) is 16.4. The third-order valence-corrected chi connectivity index (χ3v) is 4.99. The molecule has 3 rings (SSSR count). The molecule has 0 unspecified atom stereocenters. The number of hydrogen-bond donors (Lipinski definition) is 0. The lowest BCUT2D eigenvalue weighted by molar-refractivity contribution is 0.101. The number of tetrazole rings is 1. The van der Waals surface area contributed by atoms with Crippen LogP contribution in [0, 0.1) is 13.8 Å². The van der Waals surface area contributed by atoms with Crippen molar-refractivity contribution in [3.05, 3.63) is 53.1 Å². The largest absolute Gasteiger partial charge is 0.497 e. The van der Waals surface area contributed by atoms with Crippen LogP contribution >= 0.6 is 11.8 Å². The first kappa shape index (κ1) is 18.9. The Morgan fingerprint density at radius 3 is 2.67 bits per heavy atom. The Balaban J connectivity index is 1.80. The first-order chi connectivity index (χ1) is 13.0. The van der Waals surface area contributed by atoms with Gasteiger partial charge in [-0.1, -0.05) is 23.9 Å². The lowest BCUT2D eigenvalue weighted by Gasteiger charge is -2.10. The fraction of sp³-hybridized carbons (Fsp3) is 0.263. The number of thioether (sulfide) groups is 1. The summed E-state index contributed by atoms with van der Waals surface area (Å²) in [5.74, 6) is 1.23. The summed E-state index contributed by atoms with van der Waals surface area (Å²) >= 11 is 1.29. The molecule has 140 valence electrons. The number of aryl methyl sites for hydroxylation is 2. The number of aromatic nitrogens is 4. The van der Waals surface area contributed by atoms with Crippen molar-refractivity contribution in [3.63, 3.8) is 0 Å². The summed E-state index contributed by atoms with van der Waals surface area (Å²) in [5, 5.41) is 12.5. The van der Waals surface area contributed by atoms with Crippen molar-refractivity contribution in [2.75, 3.05) is 20.0 Å². The van der Waals surface area contributed by atoms with Crippen LogP contribution in [0.4, 0.5) is 0 Å². The Labute approximate surface area is 161 Å². The zero-order chi connectivity index (χ0) is 19.4. The number of methoxy groups -OCH3 is 2. The van der Waals surface area contributed by atoms with E-state index in [-0.39, 0.29) is 11.5 Å². The first-order valence-electron chi connectivity index (χ1n) is 8.27. The minimum atomic E-state index is -0.0741. The Kier molecular flexibility index (Phi) is 5.75. The highest BCUT2D eigenvalue weighted by Gasteiger charge is 2.17. The number of benzene rings is 2. The Hall–Kier alpha value is -2.87. The Morgan fingerprint density at radius 1 is 1.11 bits per heavy atom. The summed E-state index contributed by atoms with van der Waals surface area (Å²) in [6, 6.07) is 11.2. The highest BCUT2D eigenvalue weighted by atomic mass is 32.2. The monoisotopic (exact) mass is 384 g/mol. The number of nitrogens with zero attached hydrogens (tertiary/aromatic N) is 4. The molecule has 0 fully saturated rings. The summed E-state index contributed by atoms with van der Waals surface area (Å²) in [6.45, 7) is 4.01. The molecule has 1 aromatic heterocycles. The van der Waals surface area contributed by atoms with Crippen molar-refractivity contribution in [3.8, 4) is 17.2 Å². The lowest BCUT2D eigenvalue weighted by Crippen LogP contribution is -2.07. The van der Waals surface area contributed by atoms with Gasteiger partial charge in [-0.2, -0.15) is 4.68 Å². The number of carbonyl (C=O) groups excluding carboxylic acids is 1. The predicted octanol–water partition coefficient (Wildman–Crippen LogP) is 3.27. The van der Waals surface area contributed by atoms with E-state index in [2.05, 4.69) is 15.5 Å². The van der Waals surface area contributed by atoms with E-state index in [0.717, 1.165) is 16.8 Å². The van der Waals surface area contributed by atoms with Gasteiger partial charge in [0.1, 0.15) is 11.5 Å². The third kappa shape index (κ3) is 4.11. The van der Waals surface area contributed by atoms with Crippen LogP contribution in [0.3, 0.4) is 0 Å². The lowest BCUT2D eigenvalue weighted by atomic mass is 10.1. The molecule has 1 heterocycles. The standard InChI is InChI=1S/C19H20N4O3S/c1-12-5-6-13(2)16(9-12)23-19(20-21-22-23)27-11-17(24)15-8-7-14(25-3)10-18(15)26-4/h5-10H,11H2,1-4H3. The van der Waals surface area contributed by atoms with Crippen molar-refractivity contribution < 1.29 is 14.3 Å². The third-order valence-electron chi connectivity index (χ3n) is 4.08. The summed E-state index contributed by atoms with van der Waals surface area (Å²) in [6.07, 6.45) is 0. The molecule has 0 amide bonds. The SMILES string of the molecule is COc1ccc(C(=O)CSc2nnnn2-c2cc(C)ccc2C)c(OC)c1. The van der Waals surface area contributed by atoms with E-state index < -0.39 is 0 Å². The number of ether oxygens (including phenoxy) is 2. The topological polar surface area (TPSA) is 79.1 Å². The molecule has 0 radical (unpaired) electrons. The highest BCUT2D eigenvalue weighted by Crippen LogP contribution is 2.27. The van der Waals surface area contributed by atoms with Crippen LogP contribution in [-0.4, -0.2) is 46.0 Å². The Bertz CT molecular complexity index is 971. The molecular formula is C19H20N4O3S. The molecule has 0 spiro atoms. The fourth-order valence-corrected chi connectivity index (χ4v) is 3.37. The number of carbonyl (C=O) groups is 1. The van der Waals surface area contributed by atoms with E-state index in [0.29, 0.717) is 22.2 Å². The molecule has 0 saturated carbocycles. The molecule has 0 aliphatic rings. The average Bonchev–Trinajstić information content (AvgIpc) is 3.15. The van der Waals surface area contributed by atoms with E-state index in [1.165, 1.54) is 18.9 Å². The molecule has 7 nitrogen and oxygen atoms in total. The minimum Gasteiger partial charge on any atom is -0.497 e. The second kappa shape index (κ2) is 8.22. The molecule has 8 heteroatoms. The molecular weight excluding hydrogens is 364 g/mol. The first-order valence-corrected chi connectivity index (χ1v) is 9.26. The molecule has 0 atom stereocenters. The second-order valence-electron chi connectivity index (χ2n) is 5.94. The maximum absolute atomic E-state index is 12.7. The van der Waals surface area contributed by atoms with E-state index in [1.54, 1.807) is 30.0 Å². The maximum atomic E-state index is 12.7. The fourth-order valence-electron chi connectivity index (χ4n) is 2.60. The molecule has 3 aromatic rings. The van der Waals surface area contributed by atoms with Crippen molar-refractivity contribution in [2.24, 2.45) is 0 Å². The Morgan fingerprint density at radius 2 is 1.93 bits per heavy atom. The van der Waals surface area contributed by atoms with Crippen molar-refractivity contribution in [2.45, 2.75) is 19.0 Å². The van der Waals surface area contributed by atoms with Crippen LogP contribution in [0.15, 0.2) is 41.6 Å². The number of hydrogen-bond acceptors (Lipinski definition) is 7. The van der Waals surface area contributed by atoms with Crippen molar-refractivity contribution in [1.29, 1.82) is 0 Å². The van der Waals surface area contributed by atoms with Crippen LogP contribution in [0.1, 0.15) is 21.5 Å². The van der Waals surface area contributed by atoms with Crippen LogP contribution in [0.5, 0.6) is 11.5 Å². The van der Waals surface area contributed by atoms with Gasteiger partial charge >= 0.3 is 0 Å². The van der Waals surface area contributed by atoms with Gasteiger partial charge in [-0.3, -0.25) is 4.79 Å². The van der Waals surface area contributed by atoms with Crippen LogP contribution < -0.4 is 9.47 Å². The van der Waals surface area contributed by atoms with Gasteiger partial charge in [0.2, 0.25) is 5.16 Å². The summed E-state index contributed by atoms with van der Waals surface area (Å²) in [7, 11) is 3.10. The van der Waals surface area contributed by atoms with Gasteiger partial charge in [-0.25, -0.2) is 0 Å². The molecule has 0 N–H and O–H groups in total. The number of Topliss-reactive ketones (excluding diaryl/α,β-unsaturated/α-hetero) is 1. The zero-order valence-electron chi connectivity index (χ0n) is 15.6. The second-order valence-corrected chi connectivity index (χ2v) is 6.88. The minimum absolute atomic E-state index is 0.0741. The van der Waals surface area contributed by atoms with Gasteiger partial charge < -0.3 is 9.47 Å². The van der Waals surface area contributed by atoms with E-state index in [4.69, 9.17) is 9.47 Å². The average molecular weight is 384 g/mol. The van der Waals surface area contributed by atoms with Crippen LogP contribution in [0.2, 0.25) is 0 Å². The summed E-state index contributed by atoms with van der Waals surface area (Å²) in [4.78, 5) is 12.7.